The van der Waals surface area contributed by atoms with E-state index in [1.165, 1.54) is 9.21 Å². The van der Waals surface area contributed by atoms with Gasteiger partial charge < -0.3 is 9.64 Å². The summed E-state index contributed by atoms with van der Waals surface area (Å²) in [6.45, 7) is 5.13. The Morgan fingerprint density at radius 2 is 1.96 bits per heavy atom. The number of aromatic nitrogens is 2. The standard InChI is InChI=1S/C19H26N4O4S/c1-5-17-16(13-21(3)20-17)19(24)22(4)15-7-6-14(2)18(12-15)28(25,26)23-8-10-27-11-9-23/h6-7,12-13H,5,8-11H2,1-4H3. The van der Waals surface area contributed by atoms with Crippen LogP contribution in [0.25, 0.3) is 0 Å². The van der Waals surface area contributed by atoms with Gasteiger partial charge in [0.1, 0.15) is 0 Å². The maximum absolute atomic E-state index is 13.1. The van der Waals surface area contributed by atoms with Crippen LogP contribution in [0.5, 0.6) is 0 Å². The molecule has 1 aliphatic heterocycles. The number of hydrogen-bond acceptors (Lipinski definition) is 5. The Kier molecular flexibility index (Phi) is 5.87. The molecule has 152 valence electrons. The Morgan fingerprint density at radius 3 is 2.61 bits per heavy atom. The van der Waals surface area contributed by atoms with Gasteiger partial charge in [0.2, 0.25) is 10.0 Å². The predicted octanol–water partition coefficient (Wildman–Crippen LogP) is 1.59. The van der Waals surface area contributed by atoms with Crippen LogP contribution in [0.2, 0.25) is 0 Å². The van der Waals surface area contributed by atoms with Gasteiger partial charge in [-0.15, -0.1) is 0 Å². The quantitative estimate of drug-likeness (QED) is 0.753. The van der Waals surface area contributed by atoms with Crippen molar-refractivity contribution in [2.45, 2.75) is 25.2 Å². The van der Waals surface area contributed by atoms with Crippen LogP contribution in [-0.2, 0) is 28.2 Å². The van der Waals surface area contributed by atoms with Gasteiger partial charge in [-0.1, -0.05) is 13.0 Å². The van der Waals surface area contributed by atoms with Crippen molar-refractivity contribution in [3.63, 3.8) is 0 Å². The molecule has 1 saturated heterocycles. The van der Waals surface area contributed by atoms with Crippen LogP contribution in [0.4, 0.5) is 5.69 Å². The van der Waals surface area contributed by atoms with Crippen LogP contribution >= 0.6 is 0 Å². The highest BCUT2D eigenvalue weighted by atomic mass is 32.2. The second-order valence-electron chi connectivity index (χ2n) is 6.85. The average Bonchev–Trinajstić information content (AvgIpc) is 3.08. The summed E-state index contributed by atoms with van der Waals surface area (Å²) in [6, 6.07) is 5.06. The second kappa shape index (κ2) is 8.02. The van der Waals surface area contributed by atoms with Crippen LogP contribution in [0, 0.1) is 6.92 Å². The Balaban J connectivity index is 1.95. The lowest BCUT2D eigenvalue weighted by atomic mass is 10.1. The van der Waals surface area contributed by atoms with Gasteiger partial charge >= 0.3 is 0 Å². The molecule has 0 saturated carbocycles. The number of aryl methyl sites for hydroxylation is 3. The molecule has 9 heteroatoms. The third kappa shape index (κ3) is 3.82. The van der Waals surface area contributed by atoms with Crippen LogP contribution in [-0.4, -0.2) is 61.8 Å². The molecule has 0 atom stereocenters. The van der Waals surface area contributed by atoms with Crippen molar-refractivity contribution in [2.24, 2.45) is 7.05 Å². The summed E-state index contributed by atoms with van der Waals surface area (Å²) in [4.78, 5) is 14.7. The number of amides is 1. The molecule has 0 aliphatic carbocycles. The summed E-state index contributed by atoms with van der Waals surface area (Å²) in [5, 5.41) is 4.31. The lowest BCUT2D eigenvalue weighted by molar-refractivity contribution is 0.0730. The van der Waals surface area contributed by atoms with Gasteiger partial charge in [0.05, 0.1) is 29.4 Å². The van der Waals surface area contributed by atoms with Crippen molar-refractivity contribution < 1.29 is 17.9 Å². The first-order valence-corrected chi connectivity index (χ1v) is 10.7. The van der Waals surface area contributed by atoms with Crippen molar-refractivity contribution in [3.05, 3.63) is 41.2 Å². The molecule has 1 amide bonds. The number of ether oxygens (including phenoxy) is 1. The van der Waals surface area contributed by atoms with Crippen molar-refractivity contribution >= 4 is 21.6 Å². The Hall–Kier alpha value is -2.23. The zero-order valence-corrected chi connectivity index (χ0v) is 17.5. The summed E-state index contributed by atoms with van der Waals surface area (Å²) >= 11 is 0. The maximum atomic E-state index is 13.1. The van der Waals surface area contributed by atoms with Crippen LogP contribution in [0.1, 0.15) is 28.5 Å². The first-order valence-electron chi connectivity index (χ1n) is 9.24. The fraction of sp³-hybridized carbons (Fsp3) is 0.474. The molecule has 1 aliphatic rings. The van der Waals surface area contributed by atoms with Gasteiger partial charge in [0.25, 0.3) is 5.91 Å². The van der Waals surface area contributed by atoms with Gasteiger partial charge in [-0.2, -0.15) is 9.40 Å². The van der Waals surface area contributed by atoms with Crippen molar-refractivity contribution in [3.8, 4) is 0 Å². The summed E-state index contributed by atoms with van der Waals surface area (Å²) in [7, 11) is -0.233. The minimum absolute atomic E-state index is 0.216. The van der Waals surface area contributed by atoms with E-state index < -0.39 is 10.0 Å². The molecule has 1 aromatic heterocycles. The van der Waals surface area contributed by atoms with Crippen molar-refractivity contribution in [1.29, 1.82) is 0 Å². The summed E-state index contributed by atoms with van der Waals surface area (Å²) in [5.74, 6) is -0.219. The lowest BCUT2D eigenvalue weighted by Gasteiger charge is -2.27. The number of rotatable bonds is 5. The second-order valence-corrected chi connectivity index (χ2v) is 8.75. The first kappa shape index (κ1) is 20.5. The van der Waals surface area contributed by atoms with E-state index in [9.17, 15) is 13.2 Å². The van der Waals surface area contributed by atoms with Gasteiger partial charge in [-0.05, 0) is 31.0 Å². The third-order valence-corrected chi connectivity index (χ3v) is 6.96. The first-order chi connectivity index (χ1) is 13.3. The van der Waals surface area contributed by atoms with E-state index in [0.717, 1.165) is 0 Å². The molecular weight excluding hydrogens is 380 g/mol. The zero-order chi connectivity index (χ0) is 20.5. The predicted molar refractivity (Wildman–Crippen MR) is 106 cm³/mol. The fourth-order valence-electron chi connectivity index (χ4n) is 3.27. The monoisotopic (exact) mass is 406 g/mol. The number of carbonyl (C=O) groups is 1. The fourth-order valence-corrected chi connectivity index (χ4v) is 4.93. The van der Waals surface area contributed by atoms with Crippen LogP contribution in [0.3, 0.4) is 0 Å². The summed E-state index contributed by atoms with van der Waals surface area (Å²) in [6.07, 6.45) is 2.33. The molecule has 0 radical (unpaired) electrons. The largest absolute Gasteiger partial charge is 0.379 e. The number of nitrogens with zero attached hydrogens (tertiary/aromatic N) is 4. The normalized spacial score (nSPS) is 15.6. The number of carbonyl (C=O) groups excluding carboxylic acids is 1. The molecule has 3 rings (SSSR count). The minimum Gasteiger partial charge on any atom is -0.379 e. The van der Waals surface area contributed by atoms with E-state index >= 15 is 0 Å². The molecule has 0 spiro atoms. The van der Waals surface area contributed by atoms with E-state index in [1.807, 2.05) is 6.92 Å². The lowest BCUT2D eigenvalue weighted by Crippen LogP contribution is -2.40. The van der Waals surface area contributed by atoms with Crippen molar-refractivity contribution in [2.75, 3.05) is 38.3 Å². The van der Waals surface area contributed by atoms with Gasteiger partial charge in [-0.25, -0.2) is 8.42 Å². The number of morpholine rings is 1. The Bertz CT molecular complexity index is 978. The Labute approximate surface area is 165 Å². The van der Waals surface area contributed by atoms with E-state index in [0.29, 0.717) is 55.2 Å². The molecule has 0 bridgehead atoms. The van der Waals surface area contributed by atoms with Crippen LogP contribution in [0.15, 0.2) is 29.3 Å². The average molecular weight is 407 g/mol. The molecule has 0 N–H and O–H groups in total. The summed E-state index contributed by atoms with van der Waals surface area (Å²) < 4.78 is 34.5. The van der Waals surface area contributed by atoms with Crippen LogP contribution < -0.4 is 4.90 Å². The van der Waals surface area contributed by atoms with Gasteiger partial charge in [-0.3, -0.25) is 9.48 Å². The summed E-state index contributed by atoms with van der Waals surface area (Å²) in [5.41, 5.74) is 2.40. The number of hydrogen-bond donors (Lipinski definition) is 0. The zero-order valence-electron chi connectivity index (χ0n) is 16.7. The number of benzene rings is 1. The van der Waals surface area contributed by atoms with Gasteiger partial charge in [0.15, 0.2) is 0 Å². The Morgan fingerprint density at radius 1 is 1.29 bits per heavy atom. The topological polar surface area (TPSA) is 84.7 Å². The highest BCUT2D eigenvalue weighted by Gasteiger charge is 2.29. The van der Waals surface area contributed by atoms with E-state index in [1.54, 1.807) is 50.1 Å². The minimum atomic E-state index is -3.65. The molecule has 2 heterocycles. The molecule has 8 nitrogen and oxygen atoms in total. The van der Waals surface area contributed by atoms with Crippen molar-refractivity contribution in [1.82, 2.24) is 14.1 Å². The highest BCUT2D eigenvalue weighted by molar-refractivity contribution is 7.89. The molecule has 0 unspecified atom stereocenters. The number of anilines is 1. The molecular formula is C19H26N4O4S. The third-order valence-electron chi connectivity index (χ3n) is 4.92. The van der Waals surface area contributed by atoms with E-state index in [2.05, 4.69) is 5.10 Å². The van der Waals surface area contributed by atoms with E-state index in [-0.39, 0.29) is 10.8 Å². The maximum Gasteiger partial charge on any atom is 0.261 e. The SMILES string of the molecule is CCc1nn(C)cc1C(=O)N(C)c1ccc(C)c(S(=O)(=O)N2CCOCC2)c1. The molecule has 1 aromatic carbocycles. The molecule has 28 heavy (non-hydrogen) atoms. The van der Waals surface area contributed by atoms with E-state index in [4.69, 9.17) is 4.74 Å². The molecule has 2 aromatic rings. The number of sulfonamides is 1. The smallest absolute Gasteiger partial charge is 0.261 e. The van der Waals surface area contributed by atoms with Gasteiger partial charge in [0, 0.05) is 39.1 Å². The highest BCUT2D eigenvalue weighted by Crippen LogP contribution is 2.27. The molecule has 1 fully saturated rings.